The molecule has 15 heavy (non-hydrogen) atoms. The lowest BCUT2D eigenvalue weighted by Crippen LogP contribution is -2.39. The van der Waals surface area contributed by atoms with Crippen molar-refractivity contribution in [2.45, 2.75) is 19.4 Å². The van der Waals surface area contributed by atoms with Gasteiger partial charge >= 0.3 is 0 Å². The third-order valence-electron chi connectivity index (χ3n) is 2.04. The molecule has 0 heterocycles. The van der Waals surface area contributed by atoms with E-state index in [9.17, 15) is 4.79 Å². The fraction of sp³-hybridized carbons (Fsp3) is 0.364. The van der Waals surface area contributed by atoms with E-state index in [1.165, 1.54) is 0 Å². The molecule has 0 aliphatic rings. The molecule has 1 unspecified atom stereocenters. The first-order valence-electron chi connectivity index (χ1n) is 4.87. The third kappa shape index (κ3) is 4.32. The van der Waals surface area contributed by atoms with Crippen LogP contribution >= 0.6 is 11.6 Å². The minimum Gasteiger partial charge on any atom is -0.354 e. The summed E-state index contributed by atoms with van der Waals surface area (Å²) in [6.45, 7) is 2.26. The lowest BCUT2D eigenvalue weighted by atomic mass is 10.1. The molecular weight excluding hydrogens is 212 g/mol. The fourth-order valence-electron chi connectivity index (χ4n) is 1.14. The number of benzene rings is 1. The van der Waals surface area contributed by atoms with Crippen LogP contribution in [0.1, 0.15) is 12.5 Å². The lowest BCUT2D eigenvalue weighted by Gasteiger charge is -2.07. The molecule has 0 aliphatic heterocycles. The van der Waals surface area contributed by atoms with Gasteiger partial charge in [-0.3, -0.25) is 4.79 Å². The Labute approximate surface area is 94.6 Å². The van der Waals surface area contributed by atoms with Crippen molar-refractivity contribution in [3.8, 4) is 0 Å². The number of hydrogen-bond acceptors (Lipinski definition) is 2. The van der Waals surface area contributed by atoms with Crippen LogP contribution in [0.5, 0.6) is 0 Å². The average Bonchev–Trinajstić information content (AvgIpc) is 2.20. The topological polar surface area (TPSA) is 55.1 Å². The van der Waals surface area contributed by atoms with Crippen LogP contribution in [0, 0.1) is 0 Å². The number of hydrogen-bond donors (Lipinski definition) is 2. The van der Waals surface area contributed by atoms with Gasteiger partial charge in [-0.05, 0) is 31.0 Å². The number of carbonyl (C=O) groups excluding carboxylic acids is 1. The normalized spacial score (nSPS) is 12.2. The SMILES string of the molecule is CC(N)C(=O)NCCc1ccc(Cl)cc1. The number of amides is 1. The Morgan fingerprint density at radius 3 is 2.60 bits per heavy atom. The Balaban J connectivity index is 2.32. The summed E-state index contributed by atoms with van der Waals surface area (Å²) in [5, 5.41) is 3.47. The summed E-state index contributed by atoms with van der Waals surface area (Å²) in [6.07, 6.45) is 0.787. The molecule has 0 saturated heterocycles. The van der Waals surface area contributed by atoms with Gasteiger partial charge in [-0.1, -0.05) is 23.7 Å². The van der Waals surface area contributed by atoms with Gasteiger partial charge in [0.2, 0.25) is 5.91 Å². The molecule has 0 aromatic heterocycles. The summed E-state index contributed by atoms with van der Waals surface area (Å²) in [4.78, 5) is 11.1. The zero-order valence-corrected chi connectivity index (χ0v) is 9.42. The van der Waals surface area contributed by atoms with Crippen molar-refractivity contribution in [3.05, 3.63) is 34.9 Å². The number of rotatable bonds is 4. The van der Waals surface area contributed by atoms with Gasteiger partial charge in [0.15, 0.2) is 0 Å². The summed E-state index contributed by atoms with van der Waals surface area (Å²) in [5.74, 6) is -0.121. The smallest absolute Gasteiger partial charge is 0.236 e. The summed E-state index contributed by atoms with van der Waals surface area (Å²) in [5.41, 5.74) is 6.55. The average molecular weight is 227 g/mol. The van der Waals surface area contributed by atoms with E-state index in [4.69, 9.17) is 17.3 Å². The van der Waals surface area contributed by atoms with Crippen LogP contribution in [0.3, 0.4) is 0 Å². The summed E-state index contributed by atoms with van der Waals surface area (Å²) in [7, 11) is 0. The van der Waals surface area contributed by atoms with E-state index in [0.29, 0.717) is 6.54 Å². The van der Waals surface area contributed by atoms with Crippen molar-refractivity contribution in [1.82, 2.24) is 5.32 Å². The van der Waals surface area contributed by atoms with Crippen molar-refractivity contribution >= 4 is 17.5 Å². The molecule has 0 aliphatic carbocycles. The van der Waals surface area contributed by atoms with E-state index in [2.05, 4.69) is 5.32 Å². The van der Waals surface area contributed by atoms with Crippen LogP contribution in [0.15, 0.2) is 24.3 Å². The molecule has 1 amide bonds. The second-order valence-corrected chi connectivity index (χ2v) is 3.89. The van der Waals surface area contributed by atoms with Gasteiger partial charge < -0.3 is 11.1 Å². The van der Waals surface area contributed by atoms with Crippen LogP contribution in [-0.4, -0.2) is 18.5 Å². The first-order chi connectivity index (χ1) is 7.09. The Bertz CT molecular complexity index is 322. The number of carbonyl (C=O) groups is 1. The van der Waals surface area contributed by atoms with Crippen LogP contribution < -0.4 is 11.1 Å². The van der Waals surface area contributed by atoms with Crippen molar-refractivity contribution in [2.75, 3.05) is 6.54 Å². The monoisotopic (exact) mass is 226 g/mol. The molecule has 0 spiro atoms. The molecule has 3 N–H and O–H groups in total. The first kappa shape index (κ1) is 12.0. The molecule has 0 fully saturated rings. The molecular formula is C11H15ClN2O. The van der Waals surface area contributed by atoms with Gasteiger partial charge in [0.25, 0.3) is 0 Å². The highest BCUT2D eigenvalue weighted by Gasteiger charge is 2.05. The van der Waals surface area contributed by atoms with E-state index in [1.54, 1.807) is 6.92 Å². The van der Waals surface area contributed by atoms with Crippen molar-refractivity contribution < 1.29 is 4.79 Å². The second kappa shape index (κ2) is 5.73. The minimum atomic E-state index is -0.449. The molecule has 4 heteroatoms. The zero-order chi connectivity index (χ0) is 11.3. The predicted octanol–water partition coefficient (Wildman–Crippen LogP) is 1.35. The Hall–Kier alpha value is -1.06. The first-order valence-corrected chi connectivity index (χ1v) is 5.25. The van der Waals surface area contributed by atoms with Crippen LogP contribution in [0.4, 0.5) is 0 Å². The quantitative estimate of drug-likeness (QED) is 0.814. The van der Waals surface area contributed by atoms with Gasteiger partial charge in [-0.15, -0.1) is 0 Å². The molecule has 1 aromatic rings. The maximum absolute atomic E-state index is 11.1. The molecule has 1 aromatic carbocycles. The molecule has 1 rings (SSSR count). The number of halogens is 1. The van der Waals surface area contributed by atoms with Crippen LogP contribution in [0.2, 0.25) is 5.02 Å². The van der Waals surface area contributed by atoms with E-state index in [0.717, 1.165) is 17.0 Å². The molecule has 82 valence electrons. The highest BCUT2D eigenvalue weighted by atomic mass is 35.5. The van der Waals surface area contributed by atoms with E-state index >= 15 is 0 Å². The van der Waals surface area contributed by atoms with Crippen molar-refractivity contribution in [1.29, 1.82) is 0 Å². The van der Waals surface area contributed by atoms with Gasteiger partial charge in [0, 0.05) is 11.6 Å². The summed E-state index contributed by atoms with van der Waals surface area (Å²) in [6, 6.07) is 7.12. The van der Waals surface area contributed by atoms with Crippen LogP contribution in [0.25, 0.3) is 0 Å². The molecule has 3 nitrogen and oxygen atoms in total. The second-order valence-electron chi connectivity index (χ2n) is 3.46. The molecule has 0 saturated carbocycles. The Morgan fingerprint density at radius 1 is 1.47 bits per heavy atom. The number of nitrogens with one attached hydrogen (secondary N) is 1. The Morgan fingerprint density at radius 2 is 2.07 bits per heavy atom. The van der Waals surface area contributed by atoms with Gasteiger partial charge in [0.1, 0.15) is 0 Å². The highest BCUT2D eigenvalue weighted by molar-refractivity contribution is 6.30. The third-order valence-corrected chi connectivity index (χ3v) is 2.29. The standard InChI is InChI=1S/C11H15ClN2O/c1-8(13)11(15)14-7-6-9-2-4-10(12)5-3-9/h2-5,8H,6-7,13H2,1H3,(H,14,15). The fourth-order valence-corrected chi connectivity index (χ4v) is 1.27. The predicted molar refractivity (Wildman–Crippen MR) is 61.8 cm³/mol. The van der Waals surface area contributed by atoms with Crippen molar-refractivity contribution in [2.24, 2.45) is 5.73 Å². The minimum absolute atomic E-state index is 0.121. The molecule has 1 atom stereocenters. The molecule has 0 bridgehead atoms. The van der Waals surface area contributed by atoms with E-state index in [-0.39, 0.29) is 5.91 Å². The zero-order valence-electron chi connectivity index (χ0n) is 8.66. The largest absolute Gasteiger partial charge is 0.354 e. The van der Waals surface area contributed by atoms with Crippen LogP contribution in [-0.2, 0) is 11.2 Å². The lowest BCUT2D eigenvalue weighted by molar-refractivity contribution is -0.121. The van der Waals surface area contributed by atoms with Gasteiger partial charge in [0.05, 0.1) is 6.04 Å². The summed E-state index contributed by atoms with van der Waals surface area (Å²) < 4.78 is 0. The van der Waals surface area contributed by atoms with Gasteiger partial charge in [-0.25, -0.2) is 0 Å². The maximum Gasteiger partial charge on any atom is 0.236 e. The van der Waals surface area contributed by atoms with E-state index in [1.807, 2.05) is 24.3 Å². The Kier molecular flexibility index (Phi) is 4.59. The van der Waals surface area contributed by atoms with Gasteiger partial charge in [-0.2, -0.15) is 0 Å². The summed E-state index contributed by atoms with van der Waals surface area (Å²) >= 11 is 5.75. The molecule has 0 radical (unpaired) electrons. The number of nitrogens with two attached hydrogens (primary N) is 1. The van der Waals surface area contributed by atoms with E-state index < -0.39 is 6.04 Å². The highest BCUT2D eigenvalue weighted by Crippen LogP contribution is 2.09. The van der Waals surface area contributed by atoms with Crippen molar-refractivity contribution in [3.63, 3.8) is 0 Å². The maximum atomic E-state index is 11.1.